The summed E-state index contributed by atoms with van der Waals surface area (Å²) in [6, 6.07) is 4.99. The molecule has 0 N–H and O–H groups in total. The molecule has 1 amide bonds. The molecule has 3 fully saturated rings. The van der Waals surface area contributed by atoms with Crippen molar-refractivity contribution >= 4 is 22.8 Å². The van der Waals surface area contributed by atoms with Crippen molar-refractivity contribution in [3.8, 4) is 0 Å². The van der Waals surface area contributed by atoms with Gasteiger partial charge in [-0.05, 0) is 83.6 Å². The molecule has 0 aromatic carbocycles. The van der Waals surface area contributed by atoms with E-state index in [2.05, 4.69) is 56.3 Å². The van der Waals surface area contributed by atoms with Crippen LogP contribution in [0.3, 0.4) is 0 Å². The van der Waals surface area contributed by atoms with Gasteiger partial charge in [-0.2, -0.15) is 0 Å². The first-order valence-corrected chi connectivity index (χ1v) is 11.8. The van der Waals surface area contributed by atoms with Crippen LogP contribution in [0.25, 0.3) is 5.57 Å². The number of allylic oxidation sites excluding steroid dienone is 2. The molecule has 1 aromatic heterocycles. The van der Waals surface area contributed by atoms with Crippen LogP contribution in [0.15, 0.2) is 23.6 Å². The average molecular weight is 384 g/mol. The number of hydrogen-bond donors (Lipinski definition) is 0. The van der Waals surface area contributed by atoms with E-state index in [1.165, 1.54) is 30.6 Å². The van der Waals surface area contributed by atoms with Gasteiger partial charge in [-0.3, -0.25) is 4.79 Å². The Labute approximate surface area is 168 Å². The predicted octanol–water partition coefficient (Wildman–Crippen LogP) is 5.85. The Morgan fingerprint density at radius 2 is 2.00 bits per heavy atom. The first-order chi connectivity index (χ1) is 12.9. The molecule has 2 heterocycles. The molecule has 3 heteroatoms. The first-order valence-electron chi connectivity index (χ1n) is 10.9. The minimum Gasteiger partial charge on any atom is -0.342 e. The highest BCUT2D eigenvalue weighted by molar-refractivity contribution is 7.11. The maximum atomic E-state index is 12.3. The van der Waals surface area contributed by atoms with Crippen molar-refractivity contribution in [2.24, 2.45) is 34.5 Å². The summed E-state index contributed by atoms with van der Waals surface area (Å²) < 4.78 is 0. The lowest BCUT2D eigenvalue weighted by atomic mass is 9.46. The summed E-state index contributed by atoms with van der Waals surface area (Å²) in [6.45, 7) is 7.55. The summed E-state index contributed by atoms with van der Waals surface area (Å²) in [5.74, 6) is 3.41. The van der Waals surface area contributed by atoms with Gasteiger partial charge in [-0.1, -0.05) is 32.9 Å². The maximum absolute atomic E-state index is 12.3. The molecule has 2 saturated carbocycles. The van der Waals surface area contributed by atoms with E-state index >= 15 is 0 Å². The standard InChI is InChI=1S/C24H33NOS/c1-15-14-18(19-6-5-13-27-19)24(3)11-9-17-16(22(15)24)7-8-20-23(17,2)12-10-21(26)25(20)4/h5-6,13-17,20,22H,7-12H2,1-4H3/t15-,16?,17?,20?,22?,23-,24-/m1/s1. The van der Waals surface area contributed by atoms with Gasteiger partial charge in [0.2, 0.25) is 5.91 Å². The Morgan fingerprint density at radius 1 is 1.19 bits per heavy atom. The van der Waals surface area contributed by atoms with E-state index in [1.54, 1.807) is 5.57 Å². The van der Waals surface area contributed by atoms with Crippen molar-refractivity contribution in [1.29, 1.82) is 0 Å². The van der Waals surface area contributed by atoms with Gasteiger partial charge in [0.05, 0.1) is 0 Å². The Morgan fingerprint density at radius 3 is 2.74 bits per heavy atom. The summed E-state index contributed by atoms with van der Waals surface area (Å²) in [7, 11) is 2.06. The highest BCUT2D eigenvalue weighted by Gasteiger charge is 2.61. The SMILES string of the molecule is C[C@@H]1C=C(c2cccs2)[C@@]2(C)CCC3C(CCC4N(C)C(=O)CC[C@]34C)C12. The second kappa shape index (κ2) is 5.95. The van der Waals surface area contributed by atoms with Crippen molar-refractivity contribution < 1.29 is 4.79 Å². The Bertz CT molecular complexity index is 782. The molecule has 0 radical (unpaired) electrons. The van der Waals surface area contributed by atoms with Gasteiger partial charge in [0.15, 0.2) is 0 Å². The number of fused-ring (bicyclic) bond motifs is 5. The zero-order chi connectivity index (χ0) is 19.0. The molecule has 2 nitrogen and oxygen atoms in total. The Kier molecular flexibility index (Phi) is 3.96. The molecular formula is C24H33NOS. The van der Waals surface area contributed by atoms with Gasteiger partial charge in [0, 0.05) is 24.4 Å². The van der Waals surface area contributed by atoms with Gasteiger partial charge in [-0.15, -0.1) is 11.3 Å². The molecule has 0 bridgehead atoms. The normalized spacial score (nSPS) is 46.5. The van der Waals surface area contributed by atoms with Crippen molar-refractivity contribution in [3.05, 3.63) is 28.5 Å². The van der Waals surface area contributed by atoms with E-state index in [0.29, 0.717) is 28.7 Å². The number of carbonyl (C=O) groups excluding carboxylic acids is 1. The highest BCUT2D eigenvalue weighted by atomic mass is 32.1. The number of hydrogen-bond acceptors (Lipinski definition) is 2. The van der Waals surface area contributed by atoms with Gasteiger partial charge >= 0.3 is 0 Å². The molecule has 27 heavy (non-hydrogen) atoms. The molecule has 4 unspecified atom stereocenters. The zero-order valence-electron chi connectivity index (χ0n) is 17.2. The van der Waals surface area contributed by atoms with Crippen molar-refractivity contribution in [1.82, 2.24) is 4.90 Å². The van der Waals surface area contributed by atoms with E-state index in [4.69, 9.17) is 0 Å². The summed E-state index contributed by atoms with van der Waals surface area (Å²) in [6.07, 6.45) is 9.62. The summed E-state index contributed by atoms with van der Waals surface area (Å²) in [5.41, 5.74) is 2.29. The van der Waals surface area contributed by atoms with E-state index in [9.17, 15) is 4.79 Å². The fourth-order valence-corrected chi connectivity index (χ4v) is 8.93. The second-order valence-electron chi connectivity index (χ2n) is 10.3. The van der Waals surface area contributed by atoms with Crippen LogP contribution < -0.4 is 0 Å². The monoisotopic (exact) mass is 383 g/mol. The van der Waals surface area contributed by atoms with Crippen LogP contribution in [0, 0.1) is 34.5 Å². The molecule has 5 rings (SSSR count). The highest BCUT2D eigenvalue weighted by Crippen LogP contribution is 2.67. The van der Waals surface area contributed by atoms with Crippen molar-refractivity contribution in [2.75, 3.05) is 7.05 Å². The van der Waals surface area contributed by atoms with E-state index in [-0.39, 0.29) is 0 Å². The number of thiophene rings is 1. The summed E-state index contributed by atoms with van der Waals surface area (Å²) >= 11 is 1.91. The molecular weight excluding hydrogens is 350 g/mol. The third-order valence-electron chi connectivity index (χ3n) is 9.21. The smallest absolute Gasteiger partial charge is 0.222 e. The van der Waals surface area contributed by atoms with Gasteiger partial charge < -0.3 is 4.90 Å². The van der Waals surface area contributed by atoms with Crippen LogP contribution >= 0.6 is 11.3 Å². The lowest BCUT2D eigenvalue weighted by Crippen LogP contribution is -2.61. The summed E-state index contributed by atoms with van der Waals surface area (Å²) in [5, 5.41) is 2.23. The van der Waals surface area contributed by atoms with E-state index < -0.39 is 0 Å². The predicted molar refractivity (Wildman–Crippen MR) is 112 cm³/mol. The lowest BCUT2D eigenvalue weighted by molar-refractivity contribution is -0.157. The van der Waals surface area contributed by atoms with Crippen LogP contribution in [0.5, 0.6) is 0 Å². The topological polar surface area (TPSA) is 20.3 Å². The summed E-state index contributed by atoms with van der Waals surface area (Å²) in [4.78, 5) is 15.9. The molecule has 1 aliphatic heterocycles. The fourth-order valence-electron chi connectivity index (χ4n) is 8.04. The number of likely N-dealkylation sites (tertiary alicyclic amines) is 1. The third-order valence-corrected chi connectivity index (χ3v) is 10.1. The fraction of sp³-hybridized carbons (Fsp3) is 0.708. The van der Waals surface area contributed by atoms with Gasteiger partial charge in [-0.25, -0.2) is 0 Å². The van der Waals surface area contributed by atoms with Crippen LogP contribution in [0.2, 0.25) is 0 Å². The largest absolute Gasteiger partial charge is 0.342 e. The van der Waals surface area contributed by atoms with Crippen molar-refractivity contribution in [2.45, 2.75) is 65.3 Å². The van der Waals surface area contributed by atoms with Crippen LogP contribution in [-0.4, -0.2) is 23.9 Å². The molecule has 7 atom stereocenters. The molecule has 1 aromatic rings. The number of rotatable bonds is 1. The lowest BCUT2D eigenvalue weighted by Gasteiger charge is -2.62. The zero-order valence-corrected chi connectivity index (χ0v) is 18.0. The Hall–Kier alpha value is -1.09. The molecule has 146 valence electrons. The molecule has 1 saturated heterocycles. The molecule has 0 spiro atoms. The van der Waals surface area contributed by atoms with Crippen LogP contribution in [0.4, 0.5) is 0 Å². The number of piperidine rings is 1. The average Bonchev–Trinajstić information content (AvgIpc) is 3.24. The van der Waals surface area contributed by atoms with Crippen LogP contribution in [0.1, 0.15) is 64.2 Å². The van der Waals surface area contributed by atoms with Crippen LogP contribution in [-0.2, 0) is 4.79 Å². The second-order valence-corrected chi connectivity index (χ2v) is 11.2. The minimum absolute atomic E-state index is 0.318. The first kappa shape index (κ1) is 18.0. The van der Waals surface area contributed by atoms with Gasteiger partial charge in [0.25, 0.3) is 0 Å². The molecule has 3 aliphatic carbocycles. The molecule has 4 aliphatic rings. The quantitative estimate of drug-likeness (QED) is 0.595. The van der Waals surface area contributed by atoms with E-state index in [1.807, 2.05) is 11.3 Å². The van der Waals surface area contributed by atoms with Crippen molar-refractivity contribution in [3.63, 3.8) is 0 Å². The van der Waals surface area contributed by atoms with Gasteiger partial charge in [0.1, 0.15) is 0 Å². The number of carbonyl (C=O) groups is 1. The minimum atomic E-state index is 0.318. The Balaban J connectivity index is 1.50. The number of nitrogens with zero attached hydrogens (tertiary/aromatic N) is 1. The maximum Gasteiger partial charge on any atom is 0.222 e. The van der Waals surface area contributed by atoms with E-state index in [0.717, 1.165) is 30.6 Å². The number of amides is 1. The third kappa shape index (κ3) is 2.33.